The lowest BCUT2D eigenvalue weighted by Gasteiger charge is -2.07. The molecule has 1 N–H and O–H groups in total. The predicted molar refractivity (Wildman–Crippen MR) is 65.6 cm³/mol. The van der Waals surface area contributed by atoms with E-state index < -0.39 is 5.97 Å². The highest BCUT2D eigenvalue weighted by molar-refractivity contribution is 5.90. The Balaban J connectivity index is 2.18. The Bertz CT molecular complexity index is 583. The van der Waals surface area contributed by atoms with E-state index in [0.717, 1.165) is 12.4 Å². The molecule has 96 valence electrons. The molecule has 2 rings (SSSR count). The minimum absolute atomic E-state index is 0.303. The summed E-state index contributed by atoms with van der Waals surface area (Å²) in [4.78, 5) is 15.2. The molecule has 0 atom stereocenters. The van der Waals surface area contributed by atoms with Crippen molar-refractivity contribution < 1.29 is 9.90 Å². The van der Waals surface area contributed by atoms with E-state index in [1.54, 1.807) is 24.7 Å². The number of aromatic carboxylic acids is 1. The molecule has 2 aromatic heterocycles. The quantitative estimate of drug-likeness (QED) is 0.887. The minimum atomic E-state index is -0.921. The third-order valence-corrected chi connectivity index (χ3v) is 3.07. The molecule has 0 aliphatic carbocycles. The Hall–Kier alpha value is -2.11. The van der Waals surface area contributed by atoms with E-state index in [0.29, 0.717) is 23.5 Å². The maximum atomic E-state index is 11.1. The molecule has 2 heterocycles. The number of hydrogen-bond acceptors (Lipinski definition) is 3. The molecule has 6 nitrogen and oxygen atoms in total. The van der Waals surface area contributed by atoms with Gasteiger partial charge < -0.3 is 9.67 Å². The van der Waals surface area contributed by atoms with Gasteiger partial charge in [-0.3, -0.25) is 4.68 Å². The molecular formula is C12H16N4O2. The van der Waals surface area contributed by atoms with Gasteiger partial charge in [0.2, 0.25) is 0 Å². The first-order valence-corrected chi connectivity index (χ1v) is 5.75. The summed E-state index contributed by atoms with van der Waals surface area (Å²) in [6, 6.07) is 0. The highest BCUT2D eigenvalue weighted by Crippen LogP contribution is 2.13. The molecule has 0 fully saturated rings. The third kappa shape index (κ3) is 2.13. The molecule has 2 aromatic rings. The van der Waals surface area contributed by atoms with Gasteiger partial charge in [0.25, 0.3) is 0 Å². The first-order valence-electron chi connectivity index (χ1n) is 5.75. The van der Waals surface area contributed by atoms with Crippen molar-refractivity contribution in [3.63, 3.8) is 0 Å². The summed E-state index contributed by atoms with van der Waals surface area (Å²) in [6.07, 6.45) is 3.65. The SMILES string of the molecule is Cc1nn(CCn2ccnc2C)c(C)c1C(=O)O. The Kier molecular flexibility index (Phi) is 3.18. The number of aryl methyl sites for hydroxylation is 4. The summed E-state index contributed by atoms with van der Waals surface area (Å²) < 4.78 is 3.75. The lowest BCUT2D eigenvalue weighted by atomic mass is 10.2. The number of rotatable bonds is 4. The number of carboxylic acids is 1. The van der Waals surface area contributed by atoms with Crippen LogP contribution in [-0.2, 0) is 13.1 Å². The molecule has 0 amide bonds. The highest BCUT2D eigenvalue weighted by atomic mass is 16.4. The number of nitrogens with zero attached hydrogens (tertiary/aromatic N) is 4. The molecule has 0 spiro atoms. The van der Waals surface area contributed by atoms with Crippen LogP contribution in [0.15, 0.2) is 12.4 Å². The van der Waals surface area contributed by atoms with Crippen LogP contribution in [0.1, 0.15) is 27.6 Å². The van der Waals surface area contributed by atoms with E-state index in [1.165, 1.54) is 0 Å². The van der Waals surface area contributed by atoms with Crippen LogP contribution in [-0.4, -0.2) is 30.4 Å². The normalized spacial score (nSPS) is 10.8. The Morgan fingerprint density at radius 3 is 2.56 bits per heavy atom. The van der Waals surface area contributed by atoms with E-state index in [4.69, 9.17) is 5.11 Å². The van der Waals surface area contributed by atoms with E-state index in [-0.39, 0.29) is 0 Å². The van der Waals surface area contributed by atoms with Crippen molar-refractivity contribution in [2.45, 2.75) is 33.9 Å². The summed E-state index contributed by atoms with van der Waals surface area (Å²) >= 11 is 0. The predicted octanol–water partition coefficient (Wildman–Crippen LogP) is 1.40. The fourth-order valence-corrected chi connectivity index (χ4v) is 2.07. The van der Waals surface area contributed by atoms with Gasteiger partial charge in [0.15, 0.2) is 0 Å². The van der Waals surface area contributed by atoms with Gasteiger partial charge in [-0.05, 0) is 20.8 Å². The van der Waals surface area contributed by atoms with E-state index in [1.807, 2.05) is 17.7 Å². The molecule has 0 saturated carbocycles. The summed E-state index contributed by atoms with van der Waals surface area (Å²) in [6.45, 7) is 6.80. The molecule has 0 aromatic carbocycles. The van der Waals surface area contributed by atoms with Gasteiger partial charge in [-0.2, -0.15) is 5.10 Å². The molecule has 6 heteroatoms. The van der Waals surface area contributed by atoms with Gasteiger partial charge in [0.1, 0.15) is 11.4 Å². The second kappa shape index (κ2) is 4.64. The second-order valence-corrected chi connectivity index (χ2v) is 4.24. The fraction of sp³-hybridized carbons (Fsp3) is 0.417. The third-order valence-electron chi connectivity index (χ3n) is 3.07. The average molecular weight is 248 g/mol. The Morgan fingerprint density at radius 1 is 1.33 bits per heavy atom. The monoisotopic (exact) mass is 248 g/mol. The number of aromatic nitrogens is 4. The van der Waals surface area contributed by atoms with Gasteiger partial charge in [0.05, 0.1) is 17.9 Å². The van der Waals surface area contributed by atoms with Crippen molar-refractivity contribution in [3.8, 4) is 0 Å². The van der Waals surface area contributed by atoms with Gasteiger partial charge >= 0.3 is 5.97 Å². The van der Waals surface area contributed by atoms with Crippen LogP contribution < -0.4 is 0 Å². The summed E-state index contributed by atoms with van der Waals surface area (Å²) in [7, 11) is 0. The van der Waals surface area contributed by atoms with Crippen LogP contribution in [0, 0.1) is 20.8 Å². The van der Waals surface area contributed by atoms with Gasteiger partial charge in [-0.1, -0.05) is 0 Å². The number of carbonyl (C=O) groups is 1. The van der Waals surface area contributed by atoms with Crippen LogP contribution >= 0.6 is 0 Å². The zero-order chi connectivity index (χ0) is 13.3. The van der Waals surface area contributed by atoms with Crippen LogP contribution in [0.2, 0.25) is 0 Å². The second-order valence-electron chi connectivity index (χ2n) is 4.24. The molecule has 0 aliphatic heterocycles. The summed E-state index contributed by atoms with van der Waals surface area (Å²) in [5.41, 5.74) is 1.55. The van der Waals surface area contributed by atoms with Crippen molar-refractivity contribution in [1.82, 2.24) is 19.3 Å². The molecule has 18 heavy (non-hydrogen) atoms. The van der Waals surface area contributed by atoms with Gasteiger partial charge in [-0.15, -0.1) is 0 Å². The lowest BCUT2D eigenvalue weighted by Crippen LogP contribution is -2.11. The lowest BCUT2D eigenvalue weighted by molar-refractivity contribution is 0.0695. The van der Waals surface area contributed by atoms with Gasteiger partial charge in [-0.25, -0.2) is 9.78 Å². The van der Waals surface area contributed by atoms with E-state index in [9.17, 15) is 4.79 Å². The summed E-state index contributed by atoms with van der Waals surface area (Å²) in [5, 5.41) is 13.4. The van der Waals surface area contributed by atoms with Crippen LogP contribution in [0.25, 0.3) is 0 Å². The van der Waals surface area contributed by atoms with Crippen LogP contribution in [0.3, 0.4) is 0 Å². The zero-order valence-electron chi connectivity index (χ0n) is 10.7. The highest BCUT2D eigenvalue weighted by Gasteiger charge is 2.17. The van der Waals surface area contributed by atoms with Crippen LogP contribution in [0.5, 0.6) is 0 Å². The smallest absolute Gasteiger partial charge is 0.339 e. The molecular weight excluding hydrogens is 232 g/mol. The van der Waals surface area contributed by atoms with Crippen molar-refractivity contribution in [1.29, 1.82) is 0 Å². The number of imidazole rings is 1. The van der Waals surface area contributed by atoms with Crippen LogP contribution in [0.4, 0.5) is 0 Å². The average Bonchev–Trinajstić information content (AvgIpc) is 2.80. The number of hydrogen-bond donors (Lipinski definition) is 1. The largest absolute Gasteiger partial charge is 0.478 e. The molecule has 0 saturated heterocycles. The van der Waals surface area contributed by atoms with E-state index >= 15 is 0 Å². The fourth-order valence-electron chi connectivity index (χ4n) is 2.07. The van der Waals surface area contributed by atoms with Crippen molar-refractivity contribution in [2.75, 3.05) is 0 Å². The summed E-state index contributed by atoms with van der Waals surface area (Å²) in [5.74, 6) is 0.0186. The van der Waals surface area contributed by atoms with Crippen molar-refractivity contribution in [3.05, 3.63) is 35.2 Å². The maximum absolute atomic E-state index is 11.1. The Labute approximate surface area is 105 Å². The molecule has 0 bridgehead atoms. The van der Waals surface area contributed by atoms with Gasteiger partial charge in [0, 0.05) is 18.9 Å². The standard InChI is InChI=1S/C12H16N4O2/c1-8-11(12(17)18)9(2)16(14-8)7-6-15-5-4-13-10(15)3/h4-5H,6-7H2,1-3H3,(H,17,18). The molecule has 0 aliphatic rings. The van der Waals surface area contributed by atoms with E-state index in [2.05, 4.69) is 10.1 Å². The molecule has 0 radical (unpaired) electrons. The molecule has 0 unspecified atom stereocenters. The van der Waals surface area contributed by atoms with Crippen molar-refractivity contribution in [2.24, 2.45) is 0 Å². The van der Waals surface area contributed by atoms with Crippen molar-refractivity contribution >= 4 is 5.97 Å². The topological polar surface area (TPSA) is 72.9 Å². The first-order chi connectivity index (χ1) is 8.50. The minimum Gasteiger partial charge on any atom is -0.478 e. The Morgan fingerprint density at radius 2 is 2.06 bits per heavy atom. The zero-order valence-corrected chi connectivity index (χ0v) is 10.7. The maximum Gasteiger partial charge on any atom is 0.339 e. The number of carboxylic acid groups (broad SMARTS) is 1. The first kappa shape index (κ1) is 12.3.